The Morgan fingerprint density at radius 2 is 2.08 bits per heavy atom. The molecule has 1 aromatic carbocycles. The second kappa shape index (κ2) is 6.71. The second-order valence-electron chi connectivity index (χ2n) is 6.10. The molecule has 1 unspecified atom stereocenters. The molecule has 2 rings (SSSR count). The van der Waals surface area contributed by atoms with Gasteiger partial charge in [-0.1, -0.05) is 12.1 Å². The lowest BCUT2D eigenvalue weighted by Gasteiger charge is -2.24. The van der Waals surface area contributed by atoms with E-state index < -0.39 is 28.3 Å². The van der Waals surface area contributed by atoms with E-state index in [0.29, 0.717) is 11.3 Å². The lowest BCUT2D eigenvalue weighted by atomic mass is 10.0. The monoisotopic (exact) mass is 346 g/mol. The number of aliphatic carboxylic acids is 1. The zero-order valence-corrected chi connectivity index (χ0v) is 14.0. The first-order valence-electron chi connectivity index (χ1n) is 7.46. The van der Waals surface area contributed by atoms with E-state index in [-0.39, 0.29) is 5.69 Å². The number of carbonyl (C=O) groups is 2. The third kappa shape index (κ3) is 3.82. The van der Waals surface area contributed by atoms with E-state index >= 15 is 0 Å². The van der Waals surface area contributed by atoms with Crippen LogP contribution in [0.25, 0.3) is 0 Å². The average molecular weight is 346 g/mol. The summed E-state index contributed by atoms with van der Waals surface area (Å²) in [7, 11) is 0. The van der Waals surface area contributed by atoms with E-state index in [1.165, 1.54) is 10.9 Å². The van der Waals surface area contributed by atoms with Crippen molar-refractivity contribution in [2.24, 2.45) is 0 Å². The molecule has 9 nitrogen and oxygen atoms in total. The zero-order valence-electron chi connectivity index (χ0n) is 14.0. The molecule has 0 saturated heterocycles. The van der Waals surface area contributed by atoms with Gasteiger partial charge in [0.05, 0.1) is 10.8 Å². The summed E-state index contributed by atoms with van der Waals surface area (Å²) in [6.07, 6.45) is 2.26. The predicted molar refractivity (Wildman–Crippen MR) is 89.3 cm³/mol. The fourth-order valence-electron chi connectivity index (χ4n) is 2.13. The van der Waals surface area contributed by atoms with Crippen LogP contribution < -0.4 is 5.32 Å². The van der Waals surface area contributed by atoms with Gasteiger partial charge in [0.15, 0.2) is 0 Å². The highest BCUT2D eigenvalue weighted by atomic mass is 16.6. The van der Waals surface area contributed by atoms with Crippen LogP contribution in [0.4, 0.5) is 11.4 Å². The molecule has 0 fully saturated rings. The lowest BCUT2D eigenvalue weighted by Crippen LogP contribution is -2.40. The third-order valence-electron chi connectivity index (χ3n) is 3.92. The van der Waals surface area contributed by atoms with Crippen LogP contribution >= 0.6 is 0 Å². The van der Waals surface area contributed by atoms with Crippen LogP contribution in [0.1, 0.15) is 32.3 Å². The highest BCUT2D eigenvalue weighted by Gasteiger charge is 2.32. The number of benzene rings is 1. The summed E-state index contributed by atoms with van der Waals surface area (Å²) < 4.78 is 1.21. The summed E-state index contributed by atoms with van der Waals surface area (Å²) in [5, 5.41) is 26.4. The van der Waals surface area contributed by atoms with Crippen LogP contribution in [0, 0.1) is 10.1 Å². The Balaban J connectivity index is 2.21. The van der Waals surface area contributed by atoms with Gasteiger partial charge in [0.2, 0.25) is 0 Å². The Morgan fingerprint density at radius 1 is 1.40 bits per heavy atom. The van der Waals surface area contributed by atoms with Crippen LogP contribution in [-0.4, -0.2) is 31.7 Å². The van der Waals surface area contributed by atoms with Crippen LogP contribution in [-0.2, 0) is 15.1 Å². The molecular weight excluding hydrogens is 328 g/mol. The smallest absolute Gasteiger partial charge is 0.310 e. The molecule has 0 radical (unpaired) electrons. The summed E-state index contributed by atoms with van der Waals surface area (Å²) in [5.74, 6) is -2.11. The Labute approximate surface area is 143 Å². The fourth-order valence-corrected chi connectivity index (χ4v) is 2.13. The number of nitrogens with one attached hydrogen (secondary N) is 1. The largest absolute Gasteiger partial charge is 0.481 e. The maximum Gasteiger partial charge on any atom is 0.310 e. The van der Waals surface area contributed by atoms with Gasteiger partial charge in [-0.05, 0) is 38.5 Å². The molecule has 0 saturated carbocycles. The molecule has 0 bridgehead atoms. The van der Waals surface area contributed by atoms with Crippen LogP contribution in [0.5, 0.6) is 0 Å². The number of amides is 1. The number of hydrogen-bond donors (Lipinski definition) is 2. The molecule has 1 heterocycles. The van der Waals surface area contributed by atoms with Crippen molar-refractivity contribution >= 4 is 23.3 Å². The SMILES string of the molecule is CC(C(=O)O)c1cccc(NC(=O)C(C)(C)n2cc([N+](=O)[O-])cn2)c1. The Hall–Kier alpha value is -3.23. The molecule has 0 spiro atoms. The predicted octanol–water partition coefficient (Wildman–Crippen LogP) is 2.35. The summed E-state index contributed by atoms with van der Waals surface area (Å²) in [6, 6.07) is 6.53. The van der Waals surface area contributed by atoms with Crippen molar-refractivity contribution < 1.29 is 19.6 Å². The van der Waals surface area contributed by atoms with E-state index in [0.717, 1.165) is 6.20 Å². The molecular formula is C16H18N4O5. The van der Waals surface area contributed by atoms with E-state index in [9.17, 15) is 19.7 Å². The van der Waals surface area contributed by atoms with Crippen LogP contribution in [0.2, 0.25) is 0 Å². The minimum Gasteiger partial charge on any atom is -0.481 e. The summed E-state index contributed by atoms with van der Waals surface area (Å²) in [4.78, 5) is 33.8. The molecule has 0 aliphatic heterocycles. The number of nitro groups is 1. The maximum atomic E-state index is 12.6. The van der Waals surface area contributed by atoms with Crippen molar-refractivity contribution in [1.82, 2.24) is 9.78 Å². The van der Waals surface area contributed by atoms with Gasteiger partial charge in [0, 0.05) is 5.69 Å². The second-order valence-corrected chi connectivity index (χ2v) is 6.10. The highest BCUT2D eigenvalue weighted by molar-refractivity contribution is 5.96. The molecule has 1 atom stereocenters. The molecule has 0 aliphatic rings. The van der Waals surface area contributed by atoms with Gasteiger partial charge in [-0.3, -0.25) is 24.4 Å². The number of carboxylic acid groups (broad SMARTS) is 1. The topological polar surface area (TPSA) is 127 Å². The molecule has 2 N–H and O–H groups in total. The van der Waals surface area contributed by atoms with Crippen molar-refractivity contribution in [3.8, 4) is 0 Å². The lowest BCUT2D eigenvalue weighted by molar-refractivity contribution is -0.385. The van der Waals surface area contributed by atoms with Crippen molar-refractivity contribution in [2.75, 3.05) is 5.32 Å². The van der Waals surface area contributed by atoms with Crippen molar-refractivity contribution in [3.05, 3.63) is 52.3 Å². The number of aromatic nitrogens is 2. The first-order valence-corrected chi connectivity index (χ1v) is 7.46. The number of anilines is 1. The first-order chi connectivity index (χ1) is 11.6. The number of nitrogens with zero attached hydrogens (tertiary/aromatic N) is 3. The van der Waals surface area contributed by atoms with Gasteiger partial charge >= 0.3 is 11.7 Å². The number of rotatable bonds is 6. The Morgan fingerprint density at radius 3 is 2.64 bits per heavy atom. The Kier molecular flexibility index (Phi) is 4.87. The van der Waals surface area contributed by atoms with Gasteiger partial charge in [-0.15, -0.1) is 0 Å². The molecule has 9 heteroatoms. The van der Waals surface area contributed by atoms with Gasteiger partial charge in [0.25, 0.3) is 5.91 Å². The molecule has 25 heavy (non-hydrogen) atoms. The van der Waals surface area contributed by atoms with E-state index in [4.69, 9.17) is 5.11 Å². The minimum absolute atomic E-state index is 0.210. The van der Waals surface area contributed by atoms with Crippen molar-refractivity contribution in [1.29, 1.82) is 0 Å². The molecule has 1 aromatic heterocycles. The average Bonchev–Trinajstić information content (AvgIpc) is 3.05. The summed E-state index contributed by atoms with van der Waals surface area (Å²) in [6.45, 7) is 4.70. The third-order valence-corrected chi connectivity index (χ3v) is 3.92. The maximum absolute atomic E-state index is 12.6. The first kappa shape index (κ1) is 18.1. The standard InChI is InChI=1S/C16H18N4O5/c1-10(14(21)22)11-5-4-6-12(7-11)18-15(23)16(2,3)19-9-13(8-17-19)20(24)25/h4-10H,1-3H3,(H,18,23)(H,21,22). The molecule has 1 amide bonds. The highest BCUT2D eigenvalue weighted by Crippen LogP contribution is 2.23. The number of hydrogen-bond acceptors (Lipinski definition) is 5. The van der Waals surface area contributed by atoms with Crippen LogP contribution in [0.3, 0.4) is 0 Å². The van der Waals surface area contributed by atoms with Crippen molar-refractivity contribution in [2.45, 2.75) is 32.2 Å². The van der Waals surface area contributed by atoms with Gasteiger partial charge < -0.3 is 10.4 Å². The summed E-state index contributed by atoms with van der Waals surface area (Å²) in [5.41, 5.74) is -0.399. The normalized spacial score (nSPS) is 12.4. The molecule has 132 valence electrons. The number of carbonyl (C=O) groups excluding carboxylic acids is 1. The van der Waals surface area contributed by atoms with Crippen LogP contribution in [0.15, 0.2) is 36.7 Å². The van der Waals surface area contributed by atoms with E-state index in [1.807, 2.05) is 0 Å². The quantitative estimate of drug-likeness (QED) is 0.610. The van der Waals surface area contributed by atoms with E-state index in [1.54, 1.807) is 45.0 Å². The number of carboxylic acids is 1. The molecule has 2 aromatic rings. The fraction of sp³-hybridized carbons (Fsp3) is 0.312. The molecule has 0 aliphatic carbocycles. The zero-order chi connectivity index (χ0) is 18.8. The minimum atomic E-state index is -1.18. The Bertz CT molecular complexity index is 827. The van der Waals surface area contributed by atoms with Gasteiger partial charge in [-0.2, -0.15) is 5.10 Å². The summed E-state index contributed by atoms with van der Waals surface area (Å²) >= 11 is 0. The van der Waals surface area contributed by atoms with Crippen molar-refractivity contribution in [3.63, 3.8) is 0 Å². The van der Waals surface area contributed by atoms with Gasteiger partial charge in [0.1, 0.15) is 17.9 Å². The van der Waals surface area contributed by atoms with Gasteiger partial charge in [-0.25, -0.2) is 0 Å². The van der Waals surface area contributed by atoms with E-state index in [2.05, 4.69) is 10.4 Å².